The maximum absolute atomic E-state index is 11.8. The predicted molar refractivity (Wildman–Crippen MR) is 65.2 cm³/mol. The van der Waals surface area contributed by atoms with Crippen LogP contribution in [0.15, 0.2) is 21.4 Å². The van der Waals surface area contributed by atoms with Crippen molar-refractivity contribution in [2.75, 3.05) is 0 Å². The number of ether oxygens (including phenoxy) is 1. The summed E-state index contributed by atoms with van der Waals surface area (Å²) in [6.45, 7) is 3.71. The first kappa shape index (κ1) is 11.7. The van der Waals surface area contributed by atoms with Crippen LogP contribution in [0.5, 0.6) is 5.06 Å². The number of carbonyl (C=O) groups excluding carboxylic acids is 2. The van der Waals surface area contributed by atoms with Gasteiger partial charge >= 0.3 is 12.0 Å². The first-order valence-corrected chi connectivity index (χ1v) is 5.96. The number of aliphatic imine (C=N–C) groups is 2. The molecule has 0 saturated heterocycles. The van der Waals surface area contributed by atoms with Gasteiger partial charge in [-0.3, -0.25) is 0 Å². The van der Waals surface area contributed by atoms with Gasteiger partial charge in [-0.2, -0.15) is 9.98 Å². The van der Waals surface area contributed by atoms with Crippen LogP contribution in [0.4, 0.5) is 4.79 Å². The van der Waals surface area contributed by atoms with E-state index in [0.717, 1.165) is 5.56 Å². The largest absolute Gasteiger partial charge is 0.411 e. The molecule has 0 aliphatic carbocycles. The zero-order chi connectivity index (χ0) is 12.4. The van der Waals surface area contributed by atoms with Crippen molar-refractivity contribution in [3.8, 4) is 5.06 Å². The second-order valence-corrected chi connectivity index (χ2v) is 4.36. The average molecular weight is 250 g/mol. The van der Waals surface area contributed by atoms with E-state index in [1.54, 1.807) is 13.0 Å². The summed E-state index contributed by atoms with van der Waals surface area (Å²) in [6, 6.07) is 1.11. The molecule has 2 rings (SSSR count). The second kappa shape index (κ2) is 4.58. The van der Waals surface area contributed by atoms with Gasteiger partial charge in [0.25, 0.3) is 0 Å². The zero-order valence-electron chi connectivity index (χ0n) is 9.39. The summed E-state index contributed by atoms with van der Waals surface area (Å²) in [5.41, 5.74) is 1.42. The number of esters is 1. The van der Waals surface area contributed by atoms with E-state index in [4.69, 9.17) is 4.74 Å². The molecule has 0 atom stereocenters. The van der Waals surface area contributed by atoms with Gasteiger partial charge in [0, 0.05) is 0 Å². The van der Waals surface area contributed by atoms with Crippen molar-refractivity contribution < 1.29 is 14.3 Å². The highest BCUT2D eigenvalue weighted by Crippen LogP contribution is 2.22. The fraction of sp³-hybridized carbons (Fsp3) is 0.273. The molecule has 0 N–H and O–H groups in total. The third kappa shape index (κ3) is 2.47. The van der Waals surface area contributed by atoms with E-state index in [1.807, 2.05) is 12.3 Å². The highest BCUT2D eigenvalue weighted by Gasteiger charge is 2.26. The molecule has 88 valence electrons. The molecule has 0 aromatic carbocycles. The molecule has 0 radical (unpaired) electrons. The van der Waals surface area contributed by atoms with Crippen LogP contribution >= 0.6 is 11.3 Å². The van der Waals surface area contributed by atoms with E-state index in [-0.39, 0.29) is 5.71 Å². The van der Waals surface area contributed by atoms with E-state index in [2.05, 4.69) is 9.98 Å². The van der Waals surface area contributed by atoms with Gasteiger partial charge in [0.1, 0.15) is 0 Å². The number of thiophene rings is 1. The summed E-state index contributed by atoms with van der Waals surface area (Å²) in [6.07, 6.45) is 0.475. The number of aryl methyl sites for hydroxylation is 1. The van der Waals surface area contributed by atoms with Gasteiger partial charge < -0.3 is 4.74 Å². The van der Waals surface area contributed by atoms with Crippen molar-refractivity contribution in [1.82, 2.24) is 0 Å². The predicted octanol–water partition coefficient (Wildman–Crippen LogP) is 2.39. The summed E-state index contributed by atoms with van der Waals surface area (Å²) >= 11 is 1.32. The van der Waals surface area contributed by atoms with Gasteiger partial charge in [0.15, 0.2) is 10.8 Å². The monoisotopic (exact) mass is 250 g/mol. The van der Waals surface area contributed by atoms with Crippen molar-refractivity contribution in [2.45, 2.75) is 20.3 Å². The number of hydrogen-bond acceptors (Lipinski definition) is 4. The first-order chi connectivity index (χ1) is 8.10. The molecule has 1 aliphatic heterocycles. The molecule has 1 aliphatic rings. The van der Waals surface area contributed by atoms with E-state index >= 15 is 0 Å². The minimum absolute atomic E-state index is 0.0172. The molecule has 5 nitrogen and oxygen atoms in total. The molecule has 6 heteroatoms. The van der Waals surface area contributed by atoms with Crippen LogP contribution in [0.3, 0.4) is 0 Å². The van der Waals surface area contributed by atoms with Crippen LogP contribution in [0.1, 0.15) is 18.9 Å². The Morgan fingerprint density at radius 2 is 2.24 bits per heavy atom. The molecular formula is C11H10N2O3S. The molecule has 0 bridgehead atoms. The zero-order valence-corrected chi connectivity index (χ0v) is 10.2. The Labute approximate surface area is 102 Å². The van der Waals surface area contributed by atoms with Crippen LogP contribution in [-0.4, -0.2) is 23.4 Å². The van der Waals surface area contributed by atoms with E-state index in [0.29, 0.717) is 17.2 Å². The molecule has 2 heterocycles. The van der Waals surface area contributed by atoms with Crippen LogP contribution < -0.4 is 4.74 Å². The van der Waals surface area contributed by atoms with Crippen LogP contribution in [-0.2, 0) is 4.79 Å². The van der Waals surface area contributed by atoms with Gasteiger partial charge in [-0.15, -0.1) is 11.3 Å². The van der Waals surface area contributed by atoms with Crippen molar-refractivity contribution >= 4 is 34.8 Å². The molecule has 0 fully saturated rings. The van der Waals surface area contributed by atoms with Gasteiger partial charge in [0.2, 0.25) is 0 Å². The van der Waals surface area contributed by atoms with Crippen molar-refractivity contribution in [3.05, 3.63) is 17.0 Å². The van der Waals surface area contributed by atoms with Gasteiger partial charge in [0.05, 0.1) is 5.71 Å². The highest BCUT2D eigenvalue weighted by atomic mass is 32.1. The number of nitrogens with zero attached hydrogens (tertiary/aromatic N) is 2. The van der Waals surface area contributed by atoms with Crippen molar-refractivity contribution in [3.63, 3.8) is 0 Å². The molecule has 2 amide bonds. The fourth-order valence-corrected chi connectivity index (χ4v) is 2.11. The third-order valence-electron chi connectivity index (χ3n) is 2.14. The quantitative estimate of drug-likeness (QED) is 0.773. The summed E-state index contributed by atoms with van der Waals surface area (Å²) < 4.78 is 5.12. The average Bonchev–Trinajstić information content (AvgIpc) is 2.84. The number of hydrogen-bond donors (Lipinski definition) is 0. The molecule has 17 heavy (non-hydrogen) atoms. The summed E-state index contributed by atoms with van der Waals surface area (Å²) in [4.78, 5) is 29.9. The lowest BCUT2D eigenvalue weighted by Gasteiger charge is -2.01. The lowest BCUT2D eigenvalue weighted by atomic mass is 10.2. The fourth-order valence-electron chi connectivity index (χ4n) is 1.36. The summed E-state index contributed by atoms with van der Waals surface area (Å²) in [7, 11) is 0. The van der Waals surface area contributed by atoms with Crippen LogP contribution in [0.25, 0.3) is 0 Å². The number of urea groups is 1. The molecule has 1 aromatic heterocycles. The standard InChI is InChI=1S/C11H10N2O3S/c1-3-7-9(13-11(15)12-7)10(14)16-8-4-6(2)5-17-8/h4-5H,3H2,1-2H3. The Hall–Kier alpha value is -1.82. The molecule has 1 aromatic rings. The number of amides is 2. The first-order valence-electron chi connectivity index (χ1n) is 5.08. The Bertz CT molecular complexity index is 543. The lowest BCUT2D eigenvalue weighted by Crippen LogP contribution is -2.25. The second-order valence-electron chi connectivity index (χ2n) is 3.49. The maximum Gasteiger partial charge on any atom is 0.368 e. The van der Waals surface area contributed by atoms with E-state index < -0.39 is 12.0 Å². The minimum Gasteiger partial charge on any atom is -0.411 e. The van der Waals surface area contributed by atoms with Crippen LogP contribution in [0.2, 0.25) is 0 Å². The molecule has 0 saturated carbocycles. The summed E-state index contributed by atoms with van der Waals surface area (Å²) in [5, 5.41) is 2.36. The van der Waals surface area contributed by atoms with Crippen LogP contribution in [0, 0.1) is 6.92 Å². The molecular weight excluding hydrogens is 240 g/mol. The van der Waals surface area contributed by atoms with E-state index in [1.165, 1.54) is 11.3 Å². The Morgan fingerprint density at radius 3 is 2.82 bits per heavy atom. The maximum atomic E-state index is 11.8. The number of carbonyl (C=O) groups is 2. The smallest absolute Gasteiger partial charge is 0.368 e. The Balaban J connectivity index is 2.14. The Kier molecular flexibility index (Phi) is 3.14. The minimum atomic E-state index is -0.642. The van der Waals surface area contributed by atoms with E-state index in [9.17, 15) is 9.59 Å². The van der Waals surface area contributed by atoms with Gasteiger partial charge in [-0.05, 0) is 30.4 Å². The SMILES string of the molecule is CCC1=NC(=O)N=C1C(=O)Oc1cc(C)cs1. The topological polar surface area (TPSA) is 68.1 Å². The Morgan fingerprint density at radius 1 is 1.47 bits per heavy atom. The normalized spacial score (nSPS) is 14.6. The lowest BCUT2D eigenvalue weighted by molar-refractivity contribution is -0.126. The van der Waals surface area contributed by atoms with Gasteiger partial charge in [-0.1, -0.05) is 6.92 Å². The van der Waals surface area contributed by atoms with Crippen molar-refractivity contribution in [2.24, 2.45) is 9.98 Å². The molecule has 0 unspecified atom stereocenters. The number of rotatable bonds is 3. The summed E-state index contributed by atoms with van der Waals surface area (Å²) in [5.74, 6) is -0.627. The van der Waals surface area contributed by atoms with Crippen molar-refractivity contribution in [1.29, 1.82) is 0 Å². The third-order valence-corrected chi connectivity index (χ3v) is 3.06. The molecule has 0 spiro atoms. The highest BCUT2D eigenvalue weighted by molar-refractivity contribution is 7.12. The van der Waals surface area contributed by atoms with Gasteiger partial charge in [-0.25, -0.2) is 9.59 Å².